The van der Waals surface area contributed by atoms with Gasteiger partial charge in [0.1, 0.15) is 5.75 Å². The van der Waals surface area contributed by atoms with Crippen LogP contribution in [0.4, 0.5) is 14.5 Å². The number of carbonyl (C=O) groups excluding carboxylic acids is 2. The maximum Gasteiger partial charge on any atom is 0.387 e. The van der Waals surface area contributed by atoms with E-state index in [0.717, 1.165) is 0 Å². The molecular weight excluding hydrogens is 427 g/mol. The van der Waals surface area contributed by atoms with Crippen molar-refractivity contribution in [1.82, 2.24) is 0 Å². The summed E-state index contributed by atoms with van der Waals surface area (Å²) in [6.07, 6.45) is -1.19. The van der Waals surface area contributed by atoms with E-state index in [0.29, 0.717) is 0 Å². The third-order valence-corrected chi connectivity index (χ3v) is 4.16. The largest absolute Gasteiger partial charge is 0.449 e. The standard InChI is InChI=1S/C17H12Cl3F2NO4/c1-8(26-16(25)14-10(18)3-2-4-11(14)19)15(24)23-9-5-6-13(12(20)7-9)27-17(21)22/h2-8,17H,1H3,(H,23,24). The summed E-state index contributed by atoms with van der Waals surface area (Å²) in [7, 11) is 0. The van der Waals surface area contributed by atoms with Gasteiger partial charge in [-0.05, 0) is 37.3 Å². The maximum absolute atomic E-state index is 12.2. The van der Waals surface area contributed by atoms with Crippen LogP contribution < -0.4 is 10.1 Å². The molecule has 0 spiro atoms. The number of carbonyl (C=O) groups is 2. The van der Waals surface area contributed by atoms with Crippen LogP contribution in [-0.2, 0) is 9.53 Å². The highest BCUT2D eigenvalue weighted by atomic mass is 35.5. The van der Waals surface area contributed by atoms with E-state index < -0.39 is 24.6 Å². The summed E-state index contributed by atoms with van der Waals surface area (Å²) in [5, 5.41) is 2.48. The molecule has 0 aromatic heterocycles. The smallest absolute Gasteiger partial charge is 0.387 e. The van der Waals surface area contributed by atoms with Crippen LogP contribution in [0.15, 0.2) is 36.4 Å². The molecule has 0 heterocycles. The third-order valence-electron chi connectivity index (χ3n) is 3.24. The zero-order chi connectivity index (χ0) is 20.1. The van der Waals surface area contributed by atoms with E-state index in [1.807, 2.05) is 0 Å². The summed E-state index contributed by atoms with van der Waals surface area (Å²) < 4.78 is 33.7. The molecule has 0 fully saturated rings. The molecule has 1 atom stereocenters. The van der Waals surface area contributed by atoms with Crippen molar-refractivity contribution >= 4 is 52.4 Å². The van der Waals surface area contributed by atoms with Gasteiger partial charge in [-0.3, -0.25) is 4.79 Å². The Kier molecular flexibility index (Phi) is 7.24. The van der Waals surface area contributed by atoms with E-state index in [9.17, 15) is 18.4 Å². The maximum atomic E-state index is 12.2. The molecule has 0 aliphatic heterocycles. The molecular formula is C17H12Cl3F2NO4. The molecule has 2 rings (SSSR count). The van der Waals surface area contributed by atoms with Crippen molar-refractivity contribution in [3.63, 3.8) is 0 Å². The Morgan fingerprint density at radius 1 is 1.04 bits per heavy atom. The first-order valence-corrected chi connectivity index (χ1v) is 8.52. The summed E-state index contributed by atoms with van der Waals surface area (Å²) >= 11 is 17.7. The first kappa shape index (κ1) is 21.2. The van der Waals surface area contributed by atoms with E-state index in [2.05, 4.69) is 10.1 Å². The molecule has 2 aromatic rings. The van der Waals surface area contributed by atoms with Crippen LogP contribution in [0.2, 0.25) is 15.1 Å². The summed E-state index contributed by atoms with van der Waals surface area (Å²) in [6.45, 7) is -1.69. The van der Waals surface area contributed by atoms with E-state index in [1.54, 1.807) is 6.07 Å². The van der Waals surface area contributed by atoms with Crippen LogP contribution in [0.25, 0.3) is 0 Å². The van der Waals surface area contributed by atoms with Gasteiger partial charge in [0.25, 0.3) is 5.91 Å². The number of hydrogen-bond acceptors (Lipinski definition) is 4. The number of amides is 1. The zero-order valence-electron chi connectivity index (χ0n) is 13.6. The topological polar surface area (TPSA) is 64.6 Å². The van der Waals surface area contributed by atoms with E-state index in [4.69, 9.17) is 39.5 Å². The van der Waals surface area contributed by atoms with Gasteiger partial charge in [-0.2, -0.15) is 8.78 Å². The van der Waals surface area contributed by atoms with Gasteiger partial charge in [0.05, 0.1) is 20.6 Å². The molecule has 1 unspecified atom stereocenters. The molecule has 10 heteroatoms. The number of rotatable bonds is 6. The fourth-order valence-corrected chi connectivity index (χ4v) is 2.76. The van der Waals surface area contributed by atoms with Crippen LogP contribution in [0.3, 0.4) is 0 Å². The molecule has 5 nitrogen and oxygen atoms in total. The number of anilines is 1. The number of halogens is 5. The van der Waals surface area contributed by atoms with Crippen molar-refractivity contribution in [3.05, 3.63) is 57.0 Å². The lowest BCUT2D eigenvalue weighted by Crippen LogP contribution is -2.30. The number of alkyl halides is 2. The second kappa shape index (κ2) is 9.21. The van der Waals surface area contributed by atoms with Crippen molar-refractivity contribution in [2.75, 3.05) is 5.32 Å². The lowest BCUT2D eigenvalue weighted by molar-refractivity contribution is -0.123. The molecule has 0 bridgehead atoms. The van der Waals surface area contributed by atoms with Crippen molar-refractivity contribution in [1.29, 1.82) is 0 Å². The monoisotopic (exact) mass is 437 g/mol. The highest BCUT2D eigenvalue weighted by Crippen LogP contribution is 2.29. The van der Waals surface area contributed by atoms with Gasteiger partial charge >= 0.3 is 12.6 Å². The Bertz CT molecular complexity index is 844. The van der Waals surface area contributed by atoms with Gasteiger partial charge in [-0.1, -0.05) is 40.9 Å². The second-order valence-electron chi connectivity index (χ2n) is 5.16. The Morgan fingerprint density at radius 2 is 1.67 bits per heavy atom. The highest BCUT2D eigenvalue weighted by Gasteiger charge is 2.23. The number of benzene rings is 2. The highest BCUT2D eigenvalue weighted by molar-refractivity contribution is 6.39. The molecule has 0 aliphatic rings. The first-order valence-electron chi connectivity index (χ1n) is 7.39. The fourth-order valence-electron chi connectivity index (χ4n) is 1.98. The normalized spacial score (nSPS) is 11.8. The van der Waals surface area contributed by atoms with Gasteiger partial charge in [-0.25, -0.2) is 4.79 Å². The van der Waals surface area contributed by atoms with E-state index in [-0.39, 0.29) is 32.1 Å². The minimum absolute atomic E-state index is 0.0583. The zero-order valence-corrected chi connectivity index (χ0v) is 15.9. The molecule has 0 radical (unpaired) electrons. The van der Waals surface area contributed by atoms with Crippen LogP contribution >= 0.6 is 34.8 Å². The number of nitrogens with one attached hydrogen (secondary N) is 1. The Hall–Kier alpha value is -2.09. The Labute approximate surface area is 168 Å². The molecule has 1 N–H and O–H groups in total. The van der Waals surface area contributed by atoms with Gasteiger partial charge < -0.3 is 14.8 Å². The molecule has 0 aliphatic carbocycles. The summed E-state index contributed by atoms with van der Waals surface area (Å²) in [5.41, 5.74) is 0.141. The van der Waals surface area contributed by atoms with Gasteiger partial charge in [0.15, 0.2) is 6.10 Å². The molecule has 0 saturated heterocycles. The molecule has 144 valence electrons. The van der Waals surface area contributed by atoms with Gasteiger partial charge in [-0.15, -0.1) is 0 Å². The quantitative estimate of drug-likeness (QED) is 0.611. The Balaban J connectivity index is 2.03. The summed E-state index contributed by atoms with van der Waals surface area (Å²) in [5.74, 6) is -1.78. The Morgan fingerprint density at radius 3 is 2.22 bits per heavy atom. The molecule has 2 aromatic carbocycles. The predicted molar refractivity (Wildman–Crippen MR) is 98.1 cm³/mol. The van der Waals surface area contributed by atoms with Crippen LogP contribution in [0.5, 0.6) is 5.75 Å². The first-order chi connectivity index (χ1) is 12.7. The second-order valence-corrected chi connectivity index (χ2v) is 6.38. The lowest BCUT2D eigenvalue weighted by Gasteiger charge is -2.15. The molecule has 1 amide bonds. The van der Waals surface area contributed by atoms with Crippen LogP contribution in [0, 0.1) is 0 Å². The summed E-state index contributed by atoms with van der Waals surface area (Å²) in [4.78, 5) is 24.3. The average molecular weight is 439 g/mol. The fraction of sp³-hybridized carbons (Fsp3) is 0.176. The number of ether oxygens (including phenoxy) is 2. The van der Waals surface area contributed by atoms with Crippen molar-refractivity contribution in [3.8, 4) is 5.75 Å². The van der Waals surface area contributed by atoms with Gasteiger partial charge in [0, 0.05) is 5.69 Å². The van der Waals surface area contributed by atoms with Crippen LogP contribution in [-0.4, -0.2) is 24.6 Å². The molecule has 27 heavy (non-hydrogen) atoms. The van der Waals surface area contributed by atoms with E-state index in [1.165, 1.54) is 37.3 Å². The lowest BCUT2D eigenvalue weighted by atomic mass is 10.2. The predicted octanol–water partition coefficient (Wildman–Crippen LogP) is 5.43. The van der Waals surface area contributed by atoms with E-state index >= 15 is 0 Å². The van der Waals surface area contributed by atoms with Crippen molar-refractivity contribution in [2.45, 2.75) is 19.6 Å². The third kappa shape index (κ3) is 5.69. The average Bonchev–Trinajstić information content (AvgIpc) is 2.56. The minimum atomic E-state index is -3.03. The van der Waals surface area contributed by atoms with Crippen LogP contribution in [0.1, 0.15) is 17.3 Å². The SMILES string of the molecule is CC(OC(=O)c1c(Cl)cccc1Cl)C(=O)Nc1ccc(OC(F)F)c(Cl)c1. The van der Waals surface area contributed by atoms with Gasteiger partial charge in [0.2, 0.25) is 0 Å². The number of hydrogen-bond donors (Lipinski definition) is 1. The van der Waals surface area contributed by atoms with Crippen molar-refractivity contribution in [2.24, 2.45) is 0 Å². The molecule has 0 saturated carbocycles. The van der Waals surface area contributed by atoms with Crippen molar-refractivity contribution < 1.29 is 27.8 Å². The number of esters is 1. The minimum Gasteiger partial charge on any atom is -0.449 e. The summed E-state index contributed by atoms with van der Waals surface area (Å²) in [6, 6.07) is 8.17.